The predicted octanol–water partition coefficient (Wildman–Crippen LogP) is 4.66. The van der Waals surface area contributed by atoms with Gasteiger partial charge in [0.15, 0.2) is 0 Å². The molecule has 0 aliphatic heterocycles. The zero-order valence-electron chi connectivity index (χ0n) is 20.6. The molecule has 0 fully saturated rings. The summed E-state index contributed by atoms with van der Waals surface area (Å²) in [6.45, 7) is 2.51. The van der Waals surface area contributed by atoms with Crippen LogP contribution in [0.15, 0.2) is 83.5 Å². The number of aryl methyl sites for hydroxylation is 1. The van der Waals surface area contributed by atoms with Crippen molar-refractivity contribution in [3.63, 3.8) is 0 Å². The minimum atomic E-state index is -0.454. The Morgan fingerprint density at radius 1 is 1.08 bits per heavy atom. The number of aromatic nitrogens is 2. The van der Waals surface area contributed by atoms with Gasteiger partial charge < -0.3 is 9.84 Å². The highest BCUT2D eigenvalue weighted by Crippen LogP contribution is 2.29. The molecule has 1 heterocycles. The average molecular weight is 483 g/mol. The quantitative estimate of drug-likeness (QED) is 0.449. The summed E-state index contributed by atoms with van der Waals surface area (Å²) < 4.78 is 7.17. The Balaban J connectivity index is 1.62. The number of aromatic hydroxyl groups is 1. The lowest BCUT2D eigenvalue weighted by atomic mass is 9.90. The zero-order chi connectivity index (χ0) is 25.5. The number of hydrogen-bond acceptors (Lipinski definition) is 5. The molecule has 1 aliphatic carbocycles. The summed E-state index contributed by atoms with van der Waals surface area (Å²) in [5.41, 5.74) is 5.73. The molecule has 4 rings (SSSR count). The third-order valence-corrected chi connectivity index (χ3v) is 6.41. The Morgan fingerprint density at radius 2 is 1.81 bits per heavy atom. The van der Waals surface area contributed by atoms with Crippen LogP contribution < -0.4 is 5.56 Å². The van der Waals surface area contributed by atoms with E-state index in [1.807, 2.05) is 42.4 Å². The van der Waals surface area contributed by atoms with Crippen molar-refractivity contribution >= 4 is 11.5 Å². The Bertz CT molecular complexity index is 1380. The smallest absolute Gasteiger partial charge is 0.257 e. The van der Waals surface area contributed by atoms with Gasteiger partial charge in [-0.05, 0) is 53.3 Å². The van der Waals surface area contributed by atoms with E-state index in [9.17, 15) is 14.7 Å². The Kier molecular flexibility index (Phi) is 8.11. The molecule has 0 spiro atoms. The second-order valence-electron chi connectivity index (χ2n) is 8.90. The Labute approximate surface area is 210 Å². The van der Waals surface area contributed by atoms with Crippen LogP contribution in [0.3, 0.4) is 0 Å². The molecule has 0 amide bonds. The van der Waals surface area contributed by atoms with E-state index in [4.69, 9.17) is 4.74 Å². The Hall–Kier alpha value is -3.99. The average Bonchev–Trinajstić information content (AvgIpc) is 2.91. The highest BCUT2D eigenvalue weighted by Gasteiger charge is 2.22. The van der Waals surface area contributed by atoms with Crippen LogP contribution >= 0.6 is 0 Å². The van der Waals surface area contributed by atoms with Crippen molar-refractivity contribution in [1.82, 2.24) is 9.55 Å². The number of unbranched alkanes of at least 4 members (excludes halogenated alkanes) is 1. The maximum Gasteiger partial charge on any atom is 0.257 e. The van der Waals surface area contributed by atoms with Gasteiger partial charge in [0, 0.05) is 19.1 Å². The number of benzene rings is 2. The molecule has 1 atom stereocenters. The van der Waals surface area contributed by atoms with Crippen molar-refractivity contribution in [3.8, 4) is 5.75 Å². The standard InChI is InChI=1S/C30H30N2O4/c1-3-4-8-28-27(30(35)32(20-31-28)18-22-11-15-25(34)16-12-22)17-21-9-13-23(14-10-21)26-7-5-6-24(19-33)29(26)36-2/h5-7,9-16,20,29,34H,3-4,8,17-18H2,1-2H3. The number of allylic oxidation sites excluding steroid dienone is 2. The highest BCUT2D eigenvalue weighted by atomic mass is 16.5. The van der Waals surface area contributed by atoms with Gasteiger partial charge in [-0.25, -0.2) is 9.78 Å². The second kappa shape index (κ2) is 11.6. The van der Waals surface area contributed by atoms with Crippen LogP contribution in [0.2, 0.25) is 0 Å². The van der Waals surface area contributed by atoms with Gasteiger partial charge in [-0.3, -0.25) is 9.36 Å². The molecule has 6 nitrogen and oxygen atoms in total. The lowest BCUT2D eigenvalue weighted by Gasteiger charge is -2.21. The van der Waals surface area contributed by atoms with Gasteiger partial charge in [-0.1, -0.05) is 61.9 Å². The maximum absolute atomic E-state index is 13.5. The summed E-state index contributed by atoms with van der Waals surface area (Å²) in [4.78, 5) is 29.4. The molecule has 0 radical (unpaired) electrons. The number of rotatable bonds is 9. The lowest BCUT2D eigenvalue weighted by molar-refractivity contribution is 0.178. The zero-order valence-corrected chi connectivity index (χ0v) is 20.6. The van der Waals surface area contributed by atoms with E-state index in [2.05, 4.69) is 11.9 Å². The van der Waals surface area contributed by atoms with Crippen LogP contribution in [0.25, 0.3) is 5.57 Å². The first-order valence-corrected chi connectivity index (χ1v) is 12.1. The lowest BCUT2D eigenvalue weighted by Crippen LogP contribution is -2.27. The summed E-state index contributed by atoms with van der Waals surface area (Å²) in [5, 5.41) is 9.55. The molecular formula is C30H30N2O4. The van der Waals surface area contributed by atoms with E-state index >= 15 is 0 Å². The predicted molar refractivity (Wildman–Crippen MR) is 141 cm³/mol. The fourth-order valence-electron chi connectivity index (χ4n) is 4.42. The monoisotopic (exact) mass is 482 g/mol. The van der Waals surface area contributed by atoms with Gasteiger partial charge in [0.25, 0.3) is 5.56 Å². The van der Waals surface area contributed by atoms with Crippen LogP contribution in [-0.4, -0.2) is 33.8 Å². The number of hydrogen-bond donors (Lipinski definition) is 1. The molecule has 1 N–H and O–H groups in total. The van der Waals surface area contributed by atoms with Crippen molar-refractivity contribution < 1.29 is 14.6 Å². The van der Waals surface area contributed by atoms with Gasteiger partial charge in [0.2, 0.25) is 0 Å². The minimum absolute atomic E-state index is 0.0476. The number of phenols is 1. The van der Waals surface area contributed by atoms with Gasteiger partial charge in [-0.15, -0.1) is 0 Å². The number of phenolic OH excluding ortho intramolecular Hbond substituents is 1. The molecule has 0 saturated heterocycles. The SMILES string of the molecule is CCCCc1ncn(Cc2ccc(O)cc2)c(=O)c1Cc1ccc(C2=CC=CC(=C=O)C2OC)cc1. The van der Waals surface area contributed by atoms with Crippen molar-refractivity contribution in [2.75, 3.05) is 7.11 Å². The van der Waals surface area contributed by atoms with Crippen LogP contribution in [0, 0.1) is 0 Å². The number of nitrogens with zero attached hydrogens (tertiary/aromatic N) is 2. The van der Waals surface area contributed by atoms with Crippen LogP contribution in [0.1, 0.15) is 47.7 Å². The van der Waals surface area contributed by atoms with Gasteiger partial charge in [-0.2, -0.15) is 0 Å². The van der Waals surface area contributed by atoms with Crippen molar-refractivity contribution in [2.24, 2.45) is 0 Å². The van der Waals surface area contributed by atoms with Crippen molar-refractivity contribution in [1.29, 1.82) is 0 Å². The summed E-state index contributed by atoms with van der Waals surface area (Å²) in [6.07, 6.45) is 9.87. The third kappa shape index (κ3) is 5.62. The van der Waals surface area contributed by atoms with Crippen molar-refractivity contribution in [2.45, 2.75) is 45.3 Å². The summed E-state index contributed by atoms with van der Waals surface area (Å²) in [5.74, 6) is 2.15. The Morgan fingerprint density at radius 3 is 2.47 bits per heavy atom. The van der Waals surface area contributed by atoms with Gasteiger partial charge >= 0.3 is 0 Å². The second-order valence-corrected chi connectivity index (χ2v) is 8.90. The van der Waals surface area contributed by atoms with Crippen LogP contribution in [0.4, 0.5) is 0 Å². The van der Waals surface area contributed by atoms with Gasteiger partial charge in [0.05, 0.1) is 24.1 Å². The van der Waals surface area contributed by atoms with E-state index in [-0.39, 0.29) is 11.3 Å². The first-order valence-electron chi connectivity index (χ1n) is 12.1. The fourth-order valence-corrected chi connectivity index (χ4v) is 4.42. The van der Waals surface area contributed by atoms with Crippen LogP contribution in [-0.2, 0) is 28.9 Å². The molecule has 184 valence electrons. The number of ether oxygens (including phenoxy) is 1. The summed E-state index contributed by atoms with van der Waals surface area (Å²) >= 11 is 0. The third-order valence-electron chi connectivity index (χ3n) is 6.41. The fraction of sp³-hybridized carbons (Fsp3) is 0.267. The topological polar surface area (TPSA) is 81.4 Å². The first-order chi connectivity index (χ1) is 17.5. The highest BCUT2D eigenvalue weighted by molar-refractivity contribution is 5.80. The molecule has 1 unspecified atom stereocenters. The largest absolute Gasteiger partial charge is 0.508 e. The van der Waals surface area contributed by atoms with E-state index in [0.717, 1.165) is 47.2 Å². The van der Waals surface area contributed by atoms with Gasteiger partial charge in [0.1, 0.15) is 17.8 Å². The molecule has 1 aromatic heterocycles. The minimum Gasteiger partial charge on any atom is -0.508 e. The summed E-state index contributed by atoms with van der Waals surface area (Å²) in [6, 6.07) is 14.8. The van der Waals surface area contributed by atoms with Crippen molar-refractivity contribution in [3.05, 3.63) is 117 Å². The number of carbonyl (C=O) groups excluding carboxylic acids is 1. The molecule has 6 heteroatoms. The van der Waals surface area contributed by atoms with E-state index in [1.54, 1.807) is 48.3 Å². The normalized spacial score (nSPS) is 15.0. The first kappa shape index (κ1) is 25.1. The summed E-state index contributed by atoms with van der Waals surface area (Å²) in [7, 11) is 1.58. The maximum atomic E-state index is 13.5. The number of methoxy groups -OCH3 is 1. The van der Waals surface area contributed by atoms with Crippen LogP contribution in [0.5, 0.6) is 5.75 Å². The molecule has 0 saturated carbocycles. The molecule has 36 heavy (non-hydrogen) atoms. The molecule has 3 aromatic rings. The molecule has 2 aromatic carbocycles. The van der Waals surface area contributed by atoms with E-state index in [1.165, 1.54) is 0 Å². The van der Waals surface area contributed by atoms with E-state index in [0.29, 0.717) is 24.1 Å². The molecule has 1 aliphatic rings. The molecule has 0 bridgehead atoms. The van der Waals surface area contributed by atoms with E-state index < -0.39 is 6.10 Å². The molecular weight excluding hydrogens is 452 g/mol.